The van der Waals surface area contributed by atoms with Crippen molar-refractivity contribution in [1.82, 2.24) is 5.01 Å². The van der Waals surface area contributed by atoms with Gasteiger partial charge in [-0.25, -0.2) is 0 Å². The summed E-state index contributed by atoms with van der Waals surface area (Å²) in [7, 11) is 2.30. The van der Waals surface area contributed by atoms with Crippen molar-refractivity contribution in [3.8, 4) is 0 Å². The number of esters is 2. The Labute approximate surface area is 122 Å². The number of hydrogen-bond acceptors (Lipinski definition) is 9. The van der Waals surface area contributed by atoms with Crippen LogP contribution >= 0.6 is 0 Å². The molecule has 9 heteroatoms. The Morgan fingerprint density at radius 2 is 1.81 bits per heavy atom. The van der Waals surface area contributed by atoms with Gasteiger partial charge in [0.2, 0.25) is 11.8 Å². The van der Waals surface area contributed by atoms with Crippen LogP contribution in [0.15, 0.2) is 5.10 Å². The number of carbonyl (C=O) groups excluding carboxylic acids is 2. The third kappa shape index (κ3) is 5.20. The number of hydrazone groups is 1. The van der Waals surface area contributed by atoms with E-state index in [0.29, 0.717) is 26.3 Å². The Hall–Kier alpha value is -1.87. The highest BCUT2D eigenvalue weighted by Gasteiger charge is 2.36. The first-order valence-electron chi connectivity index (χ1n) is 6.44. The minimum atomic E-state index is -1.42. The fraction of sp³-hybridized carbons (Fsp3) is 0.750. The van der Waals surface area contributed by atoms with Crippen LogP contribution in [0.25, 0.3) is 0 Å². The molecule has 120 valence electrons. The quantitative estimate of drug-likeness (QED) is 0.276. The molecule has 1 saturated heterocycles. The van der Waals surface area contributed by atoms with E-state index < -0.39 is 17.9 Å². The van der Waals surface area contributed by atoms with E-state index in [-0.39, 0.29) is 19.1 Å². The molecule has 0 atom stereocenters. The fourth-order valence-electron chi connectivity index (χ4n) is 1.65. The van der Waals surface area contributed by atoms with Gasteiger partial charge in [0.15, 0.2) is 0 Å². The van der Waals surface area contributed by atoms with Crippen molar-refractivity contribution in [2.75, 3.05) is 53.7 Å². The van der Waals surface area contributed by atoms with Gasteiger partial charge >= 0.3 is 11.9 Å². The van der Waals surface area contributed by atoms with Crippen LogP contribution < -0.4 is 0 Å². The van der Waals surface area contributed by atoms with Crippen LogP contribution in [0.5, 0.6) is 0 Å². The van der Waals surface area contributed by atoms with Gasteiger partial charge in [0, 0.05) is 0 Å². The van der Waals surface area contributed by atoms with Gasteiger partial charge in [-0.1, -0.05) is 0 Å². The molecule has 0 aromatic rings. The van der Waals surface area contributed by atoms with E-state index in [9.17, 15) is 9.59 Å². The largest absolute Gasteiger partial charge is 0.476 e. The molecule has 1 aliphatic rings. The van der Waals surface area contributed by atoms with Gasteiger partial charge in [0.05, 0.1) is 47.1 Å². The summed E-state index contributed by atoms with van der Waals surface area (Å²) in [5.41, 5.74) is 0. The van der Waals surface area contributed by atoms with Gasteiger partial charge in [0.25, 0.3) is 0 Å². The molecule has 1 aliphatic heterocycles. The van der Waals surface area contributed by atoms with Gasteiger partial charge in [-0.2, -0.15) is 0 Å². The smallest absolute Gasteiger partial charge is 0.329 e. The van der Waals surface area contributed by atoms with Crippen molar-refractivity contribution in [3.05, 3.63) is 0 Å². The molecule has 0 radical (unpaired) electrons. The lowest BCUT2D eigenvalue weighted by molar-refractivity contribution is -0.155. The van der Waals surface area contributed by atoms with E-state index in [1.54, 1.807) is 5.01 Å². The van der Waals surface area contributed by atoms with Crippen LogP contribution in [-0.2, 0) is 28.5 Å². The highest BCUT2D eigenvalue weighted by atomic mass is 16.6. The second kappa shape index (κ2) is 9.14. The molecule has 0 unspecified atom stereocenters. The predicted octanol–water partition coefficient (Wildman–Crippen LogP) is -1.40. The average Bonchev–Trinajstić information content (AvgIpc) is 2.53. The summed E-state index contributed by atoms with van der Waals surface area (Å²) < 4.78 is 19.6. The Balaban J connectivity index is 2.96. The highest BCUT2D eigenvalue weighted by molar-refractivity contribution is 6.14. The van der Waals surface area contributed by atoms with Crippen LogP contribution in [0.1, 0.15) is 0 Å². The molecule has 1 N–H and O–H groups in total. The molecule has 0 spiro atoms. The average molecular weight is 304 g/mol. The summed E-state index contributed by atoms with van der Waals surface area (Å²) >= 11 is 0. The first-order valence-corrected chi connectivity index (χ1v) is 6.44. The number of morpholine rings is 1. The normalized spacial score (nSPS) is 15.8. The topological polar surface area (TPSA) is 107 Å². The maximum atomic E-state index is 11.8. The second-order valence-electron chi connectivity index (χ2n) is 4.06. The van der Waals surface area contributed by atoms with Crippen LogP contribution in [0.3, 0.4) is 0 Å². The standard InChI is InChI=1S/C12H20N2O7/c1-18-11(16)9(12(17)19-2)10(21-8-5-15)13-14-3-6-20-7-4-14/h9,15H,3-8H2,1-2H3/b13-10+. The Morgan fingerprint density at radius 1 is 1.24 bits per heavy atom. The number of ether oxygens (including phenoxy) is 4. The van der Waals surface area contributed by atoms with Crippen LogP contribution in [-0.4, -0.2) is 81.7 Å². The van der Waals surface area contributed by atoms with Crippen LogP contribution in [0.4, 0.5) is 0 Å². The number of methoxy groups -OCH3 is 2. The molecule has 1 rings (SSSR count). The second-order valence-corrected chi connectivity index (χ2v) is 4.06. The minimum Gasteiger partial charge on any atom is -0.476 e. The summed E-state index contributed by atoms with van der Waals surface area (Å²) in [5.74, 6) is -3.27. The summed E-state index contributed by atoms with van der Waals surface area (Å²) in [5, 5.41) is 14.6. The summed E-state index contributed by atoms with van der Waals surface area (Å²) in [6, 6.07) is 0. The monoisotopic (exact) mass is 304 g/mol. The van der Waals surface area contributed by atoms with Crippen molar-refractivity contribution < 1.29 is 33.6 Å². The number of aliphatic hydroxyl groups is 1. The van der Waals surface area contributed by atoms with E-state index in [1.165, 1.54) is 0 Å². The highest BCUT2D eigenvalue weighted by Crippen LogP contribution is 2.10. The Morgan fingerprint density at radius 3 is 2.29 bits per heavy atom. The molecule has 0 aromatic carbocycles. The van der Waals surface area contributed by atoms with E-state index in [0.717, 1.165) is 14.2 Å². The molecular weight excluding hydrogens is 284 g/mol. The van der Waals surface area contributed by atoms with E-state index in [2.05, 4.69) is 14.6 Å². The Bertz CT molecular complexity index is 364. The van der Waals surface area contributed by atoms with E-state index in [1.807, 2.05) is 0 Å². The van der Waals surface area contributed by atoms with Crippen LogP contribution in [0.2, 0.25) is 0 Å². The zero-order valence-corrected chi connectivity index (χ0v) is 12.1. The molecule has 9 nitrogen and oxygen atoms in total. The fourth-order valence-corrected chi connectivity index (χ4v) is 1.65. The number of rotatable bonds is 6. The van der Waals surface area contributed by atoms with Gasteiger partial charge in [-0.3, -0.25) is 14.6 Å². The first-order chi connectivity index (χ1) is 10.1. The number of hydrogen-bond donors (Lipinski definition) is 1. The molecule has 0 amide bonds. The SMILES string of the molecule is COC(=O)C(C(=O)OC)/C(=N\N1CCOCC1)OCCO. The molecule has 0 aliphatic carbocycles. The lowest BCUT2D eigenvalue weighted by Crippen LogP contribution is -2.39. The van der Waals surface area contributed by atoms with E-state index in [4.69, 9.17) is 14.6 Å². The van der Waals surface area contributed by atoms with Gasteiger partial charge in [-0.05, 0) is 0 Å². The summed E-state index contributed by atoms with van der Waals surface area (Å²) in [6.45, 7) is 1.59. The molecular formula is C12H20N2O7. The van der Waals surface area contributed by atoms with Crippen LogP contribution in [0, 0.1) is 5.92 Å². The lowest BCUT2D eigenvalue weighted by atomic mass is 10.1. The van der Waals surface area contributed by atoms with Crippen molar-refractivity contribution >= 4 is 17.8 Å². The maximum absolute atomic E-state index is 11.8. The van der Waals surface area contributed by atoms with Crippen molar-refractivity contribution in [2.24, 2.45) is 11.0 Å². The van der Waals surface area contributed by atoms with Crippen molar-refractivity contribution in [1.29, 1.82) is 0 Å². The molecule has 1 fully saturated rings. The van der Waals surface area contributed by atoms with Gasteiger partial charge in [-0.15, -0.1) is 5.10 Å². The molecule has 0 aromatic heterocycles. The van der Waals surface area contributed by atoms with E-state index >= 15 is 0 Å². The van der Waals surface area contributed by atoms with Crippen molar-refractivity contribution in [2.45, 2.75) is 0 Å². The number of nitrogens with zero attached hydrogens (tertiary/aromatic N) is 2. The zero-order valence-electron chi connectivity index (χ0n) is 12.1. The van der Waals surface area contributed by atoms with Crippen molar-refractivity contribution in [3.63, 3.8) is 0 Å². The van der Waals surface area contributed by atoms with Gasteiger partial charge in [0.1, 0.15) is 6.61 Å². The summed E-state index contributed by atoms with van der Waals surface area (Å²) in [4.78, 5) is 23.5. The number of aliphatic hydroxyl groups excluding tert-OH is 1. The number of carbonyl (C=O) groups is 2. The first kappa shape index (κ1) is 17.2. The molecule has 21 heavy (non-hydrogen) atoms. The predicted molar refractivity (Wildman–Crippen MR) is 70.4 cm³/mol. The summed E-state index contributed by atoms with van der Waals surface area (Å²) in [6.07, 6.45) is 0. The Kier molecular flexibility index (Phi) is 7.48. The molecule has 0 saturated carbocycles. The maximum Gasteiger partial charge on any atom is 0.329 e. The third-order valence-corrected chi connectivity index (χ3v) is 2.69. The third-order valence-electron chi connectivity index (χ3n) is 2.69. The van der Waals surface area contributed by atoms with Gasteiger partial charge < -0.3 is 24.1 Å². The molecule has 1 heterocycles. The lowest BCUT2D eigenvalue weighted by Gasteiger charge is -2.25. The zero-order chi connectivity index (χ0) is 15.7. The molecule has 0 bridgehead atoms. The minimum absolute atomic E-state index is 0.104.